The molecule has 0 aliphatic carbocycles. The molecular formula is C12H12ClN3O. The molecule has 0 spiro atoms. The second kappa shape index (κ2) is 3.82. The lowest BCUT2D eigenvalue weighted by molar-refractivity contribution is 0.162. The normalized spacial score (nSPS) is 18.4. The van der Waals surface area contributed by atoms with Gasteiger partial charge in [0.2, 0.25) is 0 Å². The van der Waals surface area contributed by atoms with Crippen molar-refractivity contribution in [3.8, 4) is 11.3 Å². The van der Waals surface area contributed by atoms with Gasteiger partial charge in [-0.05, 0) is 31.0 Å². The average molecular weight is 250 g/mol. The van der Waals surface area contributed by atoms with E-state index in [2.05, 4.69) is 10.3 Å². The Morgan fingerprint density at radius 2 is 2.29 bits per heavy atom. The Kier molecular flexibility index (Phi) is 2.42. The summed E-state index contributed by atoms with van der Waals surface area (Å²) in [7, 11) is 0. The summed E-state index contributed by atoms with van der Waals surface area (Å²) in [6.45, 7) is 2.60. The molecule has 1 aromatic carbocycles. The van der Waals surface area contributed by atoms with Crippen molar-refractivity contribution in [3.05, 3.63) is 34.5 Å². The molecule has 0 radical (unpaired) electrons. The molecule has 1 aromatic heterocycles. The summed E-state index contributed by atoms with van der Waals surface area (Å²) in [5, 5.41) is 18.9. The van der Waals surface area contributed by atoms with Crippen LogP contribution in [0.3, 0.4) is 0 Å². The molecule has 0 fully saturated rings. The van der Waals surface area contributed by atoms with Gasteiger partial charge in [0.05, 0.1) is 17.5 Å². The molecule has 1 unspecified atom stereocenters. The third-order valence-electron chi connectivity index (χ3n) is 3.15. The first-order chi connectivity index (χ1) is 8.16. The molecule has 3 rings (SSSR count). The third kappa shape index (κ3) is 1.64. The van der Waals surface area contributed by atoms with E-state index in [9.17, 15) is 5.11 Å². The van der Waals surface area contributed by atoms with Crippen LogP contribution in [0.2, 0.25) is 5.02 Å². The van der Waals surface area contributed by atoms with Crippen molar-refractivity contribution >= 4 is 11.6 Å². The lowest BCUT2D eigenvalue weighted by Crippen LogP contribution is -2.02. The topological polar surface area (TPSA) is 50.9 Å². The zero-order valence-corrected chi connectivity index (χ0v) is 10.1. The van der Waals surface area contributed by atoms with Gasteiger partial charge >= 0.3 is 0 Å². The average Bonchev–Trinajstić information content (AvgIpc) is 2.61. The van der Waals surface area contributed by atoms with Crippen LogP contribution in [0.4, 0.5) is 0 Å². The van der Waals surface area contributed by atoms with Gasteiger partial charge in [0.15, 0.2) is 0 Å². The van der Waals surface area contributed by atoms with E-state index < -0.39 is 6.10 Å². The first kappa shape index (κ1) is 10.7. The van der Waals surface area contributed by atoms with Crippen LogP contribution in [-0.2, 0) is 6.54 Å². The SMILES string of the molecule is Cc1nnn2c1-c1ccc(Cl)cc1C(O)CC2. The van der Waals surface area contributed by atoms with E-state index in [4.69, 9.17) is 11.6 Å². The highest BCUT2D eigenvalue weighted by atomic mass is 35.5. The molecule has 1 aliphatic rings. The van der Waals surface area contributed by atoms with Crippen LogP contribution in [0.1, 0.15) is 23.8 Å². The number of hydrogen-bond donors (Lipinski definition) is 1. The predicted octanol–water partition coefficient (Wildman–Crippen LogP) is 2.34. The maximum atomic E-state index is 10.1. The van der Waals surface area contributed by atoms with E-state index in [1.807, 2.05) is 29.8 Å². The molecule has 1 aliphatic heterocycles. The number of halogens is 1. The van der Waals surface area contributed by atoms with Gasteiger partial charge in [-0.1, -0.05) is 22.9 Å². The number of benzene rings is 1. The van der Waals surface area contributed by atoms with Crippen LogP contribution in [0, 0.1) is 6.92 Å². The molecule has 4 nitrogen and oxygen atoms in total. The predicted molar refractivity (Wildman–Crippen MR) is 64.8 cm³/mol. The van der Waals surface area contributed by atoms with Crippen molar-refractivity contribution in [2.45, 2.75) is 26.0 Å². The summed E-state index contributed by atoms with van der Waals surface area (Å²) in [5.74, 6) is 0. The summed E-state index contributed by atoms with van der Waals surface area (Å²) in [5.41, 5.74) is 3.69. The Labute approximate surface area is 104 Å². The van der Waals surface area contributed by atoms with Gasteiger partial charge in [0, 0.05) is 17.1 Å². The summed E-state index contributed by atoms with van der Waals surface area (Å²) < 4.78 is 1.85. The van der Waals surface area contributed by atoms with Gasteiger partial charge in [-0.3, -0.25) is 0 Å². The molecule has 0 saturated carbocycles. The summed E-state index contributed by atoms with van der Waals surface area (Å²) in [4.78, 5) is 0. The molecule has 1 N–H and O–H groups in total. The van der Waals surface area contributed by atoms with Gasteiger partial charge < -0.3 is 5.11 Å². The van der Waals surface area contributed by atoms with Crippen LogP contribution >= 0.6 is 11.6 Å². The molecule has 0 amide bonds. The van der Waals surface area contributed by atoms with Crippen molar-refractivity contribution in [3.63, 3.8) is 0 Å². The molecule has 2 aromatic rings. The number of hydrogen-bond acceptors (Lipinski definition) is 3. The highest BCUT2D eigenvalue weighted by Gasteiger charge is 2.23. The van der Waals surface area contributed by atoms with Crippen molar-refractivity contribution in [1.82, 2.24) is 15.0 Å². The maximum Gasteiger partial charge on any atom is 0.0918 e. The Hall–Kier alpha value is -1.39. The summed E-state index contributed by atoms with van der Waals surface area (Å²) in [6.07, 6.45) is 0.133. The number of aliphatic hydroxyl groups is 1. The zero-order valence-electron chi connectivity index (χ0n) is 9.39. The molecule has 0 saturated heterocycles. The van der Waals surface area contributed by atoms with E-state index >= 15 is 0 Å². The fourth-order valence-electron chi connectivity index (χ4n) is 2.32. The van der Waals surface area contributed by atoms with Gasteiger partial charge in [-0.15, -0.1) is 5.10 Å². The second-order valence-electron chi connectivity index (χ2n) is 4.28. The van der Waals surface area contributed by atoms with Crippen LogP contribution in [0.5, 0.6) is 0 Å². The minimum absolute atomic E-state index is 0.496. The lowest BCUT2D eigenvalue weighted by Gasteiger charge is -2.11. The quantitative estimate of drug-likeness (QED) is 0.780. The summed E-state index contributed by atoms with van der Waals surface area (Å²) in [6, 6.07) is 5.58. The Morgan fingerprint density at radius 1 is 1.47 bits per heavy atom. The lowest BCUT2D eigenvalue weighted by atomic mass is 9.99. The van der Waals surface area contributed by atoms with Gasteiger partial charge in [-0.2, -0.15) is 0 Å². The third-order valence-corrected chi connectivity index (χ3v) is 3.38. The number of aromatic nitrogens is 3. The van der Waals surface area contributed by atoms with Crippen LogP contribution in [0.25, 0.3) is 11.3 Å². The van der Waals surface area contributed by atoms with E-state index in [1.54, 1.807) is 0 Å². The fourth-order valence-corrected chi connectivity index (χ4v) is 2.50. The number of aryl methyl sites for hydroxylation is 2. The molecule has 5 heteroatoms. The number of aliphatic hydroxyl groups excluding tert-OH is 1. The Balaban J connectivity index is 2.30. The minimum atomic E-state index is -0.496. The molecule has 88 valence electrons. The molecule has 17 heavy (non-hydrogen) atoms. The fraction of sp³-hybridized carbons (Fsp3) is 0.333. The van der Waals surface area contributed by atoms with Crippen LogP contribution in [-0.4, -0.2) is 20.1 Å². The molecule has 2 heterocycles. The number of fused-ring (bicyclic) bond motifs is 3. The number of nitrogens with zero attached hydrogens (tertiary/aromatic N) is 3. The monoisotopic (exact) mass is 249 g/mol. The van der Waals surface area contributed by atoms with Crippen LogP contribution in [0.15, 0.2) is 18.2 Å². The second-order valence-corrected chi connectivity index (χ2v) is 4.72. The van der Waals surface area contributed by atoms with E-state index in [1.165, 1.54) is 0 Å². The first-order valence-electron chi connectivity index (χ1n) is 5.55. The Morgan fingerprint density at radius 3 is 3.12 bits per heavy atom. The zero-order chi connectivity index (χ0) is 12.0. The molecule has 0 bridgehead atoms. The van der Waals surface area contributed by atoms with Crippen molar-refractivity contribution in [2.75, 3.05) is 0 Å². The highest BCUT2D eigenvalue weighted by molar-refractivity contribution is 6.30. The van der Waals surface area contributed by atoms with E-state index in [0.717, 1.165) is 22.5 Å². The van der Waals surface area contributed by atoms with E-state index in [0.29, 0.717) is 18.0 Å². The molecular weight excluding hydrogens is 238 g/mol. The van der Waals surface area contributed by atoms with Crippen LogP contribution < -0.4 is 0 Å². The number of rotatable bonds is 0. The summed E-state index contributed by atoms with van der Waals surface area (Å²) >= 11 is 5.99. The first-order valence-corrected chi connectivity index (χ1v) is 5.92. The van der Waals surface area contributed by atoms with Crippen molar-refractivity contribution < 1.29 is 5.11 Å². The smallest absolute Gasteiger partial charge is 0.0918 e. The van der Waals surface area contributed by atoms with Crippen molar-refractivity contribution in [2.24, 2.45) is 0 Å². The van der Waals surface area contributed by atoms with E-state index in [-0.39, 0.29) is 0 Å². The highest BCUT2D eigenvalue weighted by Crippen LogP contribution is 2.36. The van der Waals surface area contributed by atoms with Gasteiger partial charge in [0.1, 0.15) is 0 Å². The van der Waals surface area contributed by atoms with Crippen molar-refractivity contribution in [1.29, 1.82) is 0 Å². The van der Waals surface area contributed by atoms with Gasteiger partial charge in [-0.25, -0.2) is 4.68 Å². The largest absolute Gasteiger partial charge is 0.388 e. The maximum absolute atomic E-state index is 10.1. The Bertz CT molecular complexity index is 579. The standard InChI is InChI=1S/C12H12ClN3O/c1-7-12-9-3-2-8(13)6-10(9)11(17)4-5-16(12)15-14-7/h2-3,6,11,17H,4-5H2,1H3. The van der Waals surface area contributed by atoms with Gasteiger partial charge in [0.25, 0.3) is 0 Å². The minimum Gasteiger partial charge on any atom is -0.388 e. The molecule has 1 atom stereocenters.